The fourth-order valence-electron chi connectivity index (χ4n) is 2.35. The minimum Gasteiger partial charge on any atom is -0.467 e. The molecule has 0 saturated carbocycles. The zero-order chi connectivity index (χ0) is 16.1. The number of nitrogens with zero attached hydrogens (tertiary/aromatic N) is 2. The first-order chi connectivity index (χ1) is 10.5. The van der Waals surface area contributed by atoms with Gasteiger partial charge < -0.3 is 19.9 Å². The number of hydrogen-bond donors (Lipinski definition) is 1. The van der Waals surface area contributed by atoms with Crippen LogP contribution in [-0.4, -0.2) is 56.2 Å². The summed E-state index contributed by atoms with van der Waals surface area (Å²) in [4.78, 5) is 27.3. The maximum Gasteiger partial charge on any atom is 0.328 e. The molecule has 2 amide bonds. The van der Waals surface area contributed by atoms with E-state index in [0.29, 0.717) is 18.1 Å². The summed E-state index contributed by atoms with van der Waals surface area (Å²) in [7, 11) is 1.30. The van der Waals surface area contributed by atoms with Crippen molar-refractivity contribution in [3.63, 3.8) is 0 Å². The van der Waals surface area contributed by atoms with Crippen LogP contribution < -0.4 is 10.2 Å². The van der Waals surface area contributed by atoms with Crippen molar-refractivity contribution in [2.24, 2.45) is 0 Å². The average Bonchev–Trinajstić information content (AvgIpc) is 2.54. The lowest BCUT2D eigenvalue weighted by Crippen LogP contribution is -2.54. The molecule has 1 aliphatic heterocycles. The molecule has 1 saturated heterocycles. The lowest BCUT2D eigenvalue weighted by atomic mass is 10.2. The summed E-state index contributed by atoms with van der Waals surface area (Å²) in [6.45, 7) is 4.23. The van der Waals surface area contributed by atoms with Gasteiger partial charge in [-0.2, -0.15) is 0 Å². The first kappa shape index (κ1) is 16.4. The van der Waals surface area contributed by atoms with Gasteiger partial charge in [-0.25, -0.2) is 9.59 Å². The van der Waals surface area contributed by atoms with Crippen LogP contribution in [0.25, 0.3) is 0 Å². The summed E-state index contributed by atoms with van der Waals surface area (Å²) in [6.07, 6.45) is 0. The molecule has 1 aliphatic rings. The van der Waals surface area contributed by atoms with Gasteiger partial charge >= 0.3 is 12.0 Å². The molecule has 1 heterocycles. The van der Waals surface area contributed by atoms with Crippen molar-refractivity contribution >= 4 is 29.3 Å². The lowest BCUT2D eigenvalue weighted by molar-refractivity contribution is -0.142. The highest BCUT2D eigenvalue weighted by molar-refractivity contribution is 6.30. The molecule has 1 aromatic carbocycles. The number of amides is 2. The van der Waals surface area contributed by atoms with E-state index < -0.39 is 12.0 Å². The largest absolute Gasteiger partial charge is 0.467 e. The van der Waals surface area contributed by atoms with Crippen molar-refractivity contribution in [2.45, 2.75) is 13.0 Å². The summed E-state index contributed by atoms with van der Waals surface area (Å²) in [5.74, 6) is -0.453. The van der Waals surface area contributed by atoms with E-state index in [-0.39, 0.29) is 6.03 Å². The Balaban J connectivity index is 1.86. The summed E-state index contributed by atoms with van der Waals surface area (Å²) < 4.78 is 4.59. The Morgan fingerprint density at radius 1 is 1.27 bits per heavy atom. The van der Waals surface area contributed by atoms with Crippen molar-refractivity contribution in [1.82, 2.24) is 10.2 Å². The molecule has 0 bridgehead atoms. The molecule has 22 heavy (non-hydrogen) atoms. The summed E-state index contributed by atoms with van der Waals surface area (Å²) >= 11 is 6.00. The van der Waals surface area contributed by atoms with Crippen molar-refractivity contribution < 1.29 is 14.3 Å². The van der Waals surface area contributed by atoms with E-state index in [2.05, 4.69) is 15.0 Å². The van der Waals surface area contributed by atoms with Crippen LogP contribution in [0, 0.1) is 0 Å². The summed E-state index contributed by atoms with van der Waals surface area (Å²) in [6, 6.07) is 6.77. The third kappa shape index (κ3) is 4.04. The zero-order valence-corrected chi connectivity index (χ0v) is 13.5. The number of piperazine rings is 1. The number of hydrogen-bond acceptors (Lipinski definition) is 4. The number of ether oxygens (including phenoxy) is 1. The molecule has 2 rings (SSSR count). The number of carbonyl (C=O) groups excluding carboxylic acids is 2. The highest BCUT2D eigenvalue weighted by Gasteiger charge is 2.24. The van der Waals surface area contributed by atoms with Gasteiger partial charge in [0.05, 0.1) is 7.11 Å². The van der Waals surface area contributed by atoms with Crippen LogP contribution in [0.1, 0.15) is 6.92 Å². The summed E-state index contributed by atoms with van der Waals surface area (Å²) in [5.41, 5.74) is 1.05. The molecule has 0 spiro atoms. The Labute approximate surface area is 135 Å². The van der Waals surface area contributed by atoms with Crippen molar-refractivity contribution in [1.29, 1.82) is 0 Å². The fraction of sp³-hybridized carbons (Fsp3) is 0.467. The van der Waals surface area contributed by atoms with E-state index in [4.69, 9.17) is 11.6 Å². The Kier molecular flexibility index (Phi) is 5.49. The predicted molar refractivity (Wildman–Crippen MR) is 85.2 cm³/mol. The van der Waals surface area contributed by atoms with Crippen LogP contribution in [0.5, 0.6) is 0 Å². The van der Waals surface area contributed by atoms with Gasteiger partial charge in [-0.15, -0.1) is 0 Å². The van der Waals surface area contributed by atoms with Gasteiger partial charge in [0, 0.05) is 36.9 Å². The number of urea groups is 1. The van der Waals surface area contributed by atoms with Crippen molar-refractivity contribution in [3.05, 3.63) is 29.3 Å². The topological polar surface area (TPSA) is 61.9 Å². The third-order valence-corrected chi connectivity index (χ3v) is 3.87. The number of rotatable bonds is 3. The predicted octanol–water partition coefficient (Wildman–Crippen LogP) is 1.73. The Morgan fingerprint density at radius 2 is 1.95 bits per heavy atom. The first-order valence-electron chi connectivity index (χ1n) is 7.15. The standard InChI is InChI=1S/C15H20ClN3O3/c1-11(14(20)22-2)17-15(21)19-8-6-18(7-9-19)13-5-3-4-12(16)10-13/h3-5,10-11H,6-9H2,1-2H3,(H,17,21). The van der Waals surface area contributed by atoms with Crippen LogP contribution in [0.3, 0.4) is 0 Å². The molecule has 1 fully saturated rings. The van der Waals surface area contributed by atoms with E-state index in [1.54, 1.807) is 11.8 Å². The van der Waals surface area contributed by atoms with E-state index in [1.807, 2.05) is 24.3 Å². The van der Waals surface area contributed by atoms with Gasteiger partial charge in [-0.3, -0.25) is 0 Å². The number of anilines is 1. The molecule has 1 atom stereocenters. The fourth-order valence-corrected chi connectivity index (χ4v) is 2.54. The number of benzene rings is 1. The molecular formula is C15H20ClN3O3. The van der Waals surface area contributed by atoms with E-state index >= 15 is 0 Å². The normalized spacial score (nSPS) is 16.1. The van der Waals surface area contributed by atoms with Crippen molar-refractivity contribution in [2.75, 3.05) is 38.2 Å². The highest BCUT2D eigenvalue weighted by atomic mass is 35.5. The number of halogens is 1. The SMILES string of the molecule is COC(=O)C(C)NC(=O)N1CCN(c2cccc(Cl)c2)CC1. The summed E-state index contributed by atoms with van der Waals surface area (Å²) in [5, 5.41) is 3.34. The third-order valence-electron chi connectivity index (χ3n) is 3.63. The number of esters is 1. The molecule has 1 unspecified atom stereocenters. The van der Waals surface area contributed by atoms with E-state index in [9.17, 15) is 9.59 Å². The minimum absolute atomic E-state index is 0.247. The molecular weight excluding hydrogens is 306 g/mol. The molecule has 1 aromatic rings. The van der Waals surface area contributed by atoms with Gasteiger partial charge in [-0.1, -0.05) is 17.7 Å². The molecule has 0 radical (unpaired) electrons. The van der Waals surface area contributed by atoms with Crippen molar-refractivity contribution in [3.8, 4) is 0 Å². The van der Waals surface area contributed by atoms with Crippen LogP contribution in [0.2, 0.25) is 5.02 Å². The number of carbonyl (C=O) groups is 2. The second-order valence-corrected chi connectivity index (χ2v) is 5.58. The average molecular weight is 326 g/mol. The molecule has 6 nitrogen and oxygen atoms in total. The Bertz CT molecular complexity index is 545. The van der Waals surface area contributed by atoms with Gasteiger partial charge in [0.15, 0.2) is 0 Å². The maximum atomic E-state index is 12.1. The first-order valence-corrected chi connectivity index (χ1v) is 7.53. The van der Waals surface area contributed by atoms with Crippen LogP contribution in [0.15, 0.2) is 24.3 Å². The van der Waals surface area contributed by atoms with Gasteiger partial charge in [0.25, 0.3) is 0 Å². The maximum absolute atomic E-state index is 12.1. The second kappa shape index (κ2) is 7.35. The molecule has 7 heteroatoms. The number of methoxy groups -OCH3 is 1. The van der Waals surface area contributed by atoms with Crippen LogP contribution in [0.4, 0.5) is 10.5 Å². The van der Waals surface area contributed by atoms with Gasteiger partial charge in [0.1, 0.15) is 6.04 Å². The highest BCUT2D eigenvalue weighted by Crippen LogP contribution is 2.20. The van der Waals surface area contributed by atoms with Gasteiger partial charge in [-0.05, 0) is 25.1 Å². The second-order valence-electron chi connectivity index (χ2n) is 5.15. The van der Waals surface area contributed by atoms with Crippen LogP contribution >= 0.6 is 11.6 Å². The Morgan fingerprint density at radius 3 is 2.55 bits per heavy atom. The molecule has 1 N–H and O–H groups in total. The smallest absolute Gasteiger partial charge is 0.328 e. The minimum atomic E-state index is -0.650. The number of nitrogens with one attached hydrogen (secondary N) is 1. The monoisotopic (exact) mass is 325 g/mol. The van der Waals surface area contributed by atoms with Crippen LogP contribution in [-0.2, 0) is 9.53 Å². The quantitative estimate of drug-likeness (QED) is 0.860. The molecule has 0 aromatic heterocycles. The van der Waals surface area contributed by atoms with E-state index in [0.717, 1.165) is 18.8 Å². The Hall–Kier alpha value is -1.95. The lowest BCUT2D eigenvalue weighted by Gasteiger charge is -2.36. The molecule has 0 aliphatic carbocycles. The van der Waals surface area contributed by atoms with E-state index in [1.165, 1.54) is 7.11 Å². The zero-order valence-electron chi connectivity index (χ0n) is 12.7. The van der Waals surface area contributed by atoms with Gasteiger partial charge in [0.2, 0.25) is 0 Å². The molecule has 120 valence electrons.